The normalized spacial score (nSPS) is 17.9. The molecule has 0 radical (unpaired) electrons. The van der Waals surface area contributed by atoms with E-state index in [1.807, 2.05) is 0 Å². The zero-order chi connectivity index (χ0) is 12.5. The second-order valence-corrected chi connectivity index (χ2v) is 4.88. The van der Waals surface area contributed by atoms with Gasteiger partial charge in [0.25, 0.3) is 0 Å². The van der Waals surface area contributed by atoms with Gasteiger partial charge in [0.2, 0.25) is 0 Å². The largest absolute Gasteiger partial charge is 0.338 e. The SMILES string of the molecule is CC1Cc2ccccc2N1c1ccccc1CN. The third kappa shape index (κ3) is 1.70. The number of nitrogens with zero attached hydrogens (tertiary/aromatic N) is 1. The summed E-state index contributed by atoms with van der Waals surface area (Å²) in [6.45, 7) is 2.86. The Morgan fingerprint density at radius 3 is 2.50 bits per heavy atom. The van der Waals surface area contributed by atoms with Crippen molar-refractivity contribution in [3.63, 3.8) is 0 Å². The summed E-state index contributed by atoms with van der Waals surface area (Å²) in [5.74, 6) is 0. The van der Waals surface area contributed by atoms with E-state index in [9.17, 15) is 0 Å². The summed E-state index contributed by atoms with van der Waals surface area (Å²) >= 11 is 0. The van der Waals surface area contributed by atoms with Crippen LogP contribution in [0.5, 0.6) is 0 Å². The molecule has 0 aliphatic carbocycles. The molecule has 1 heterocycles. The maximum Gasteiger partial charge on any atom is 0.0458 e. The Morgan fingerprint density at radius 2 is 1.72 bits per heavy atom. The highest BCUT2D eigenvalue weighted by Gasteiger charge is 2.27. The molecule has 1 unspecified atom stereocenters. The molecule has 0 saturated carbocycles. The summed E-state index contributed by atoms with van der Waals surface area (Å²) in [6, 6.07) is 17.6. The summed E-state index contributed by atoms with van der Waals surface area (Å²) in [5, 5.41) is 0. The number of hydrogen-bond donors (Lipinski definition) is 1. The van der Waals surface area contributed by atoms with Crippen molar-refractivity contribution < 1.29 is 0 Å². The molecule has 92 valence electrons. The predicted molar refractivity (Wildman–Crippen MR) is 76.1 cm³/mol. The molecule has 1 aliphatic rings. The zero-order valence-electron chi connectivity index (χ0n) is 10.6. The van der Waals surface area contributed by atoms with Crippen molar-refractivity contribution in [2.45, 2.75) is 25.9 Å². The molecular formula is C16H18N2. The molecule has 0 amide bonds. The standard InChI is InChI=1S/C16H18N2/c1-12-10-13-6-2-4-8-15(13)18(12)16-9-5-3-7-14(16)11-17/h2-9,12H,10-11,17H2,1H3. The quantitative estimate of drug-likeness (QED) is 0.870. The Bertz CT molecular complexity index is 563. The second-order valence-electron chi connectivity index (χ2n) is 4.88. The van der Waals surface area contributed by atoms with Gasteiger partial charge in [0.1, 0.15) is 0 Å². The smallest absolute Gasteiger partial charge is 0.0458 e. The number of fused-ring (bicyclic) bond motifs is 1. The van der Waals surface area contributed by atoms with Crippen molar-refractivity contribution >= 4 is 11.4 Å². The van der Waals surface area contributed by atoms with Crippen molar-refractivity contribution in [3.8, 4) is 0 Å². The molecule has 0 saturated heterocycles. The van der Waals surface area contributed by atoms with Gasteiger partial charge in [-0.05, 0) is 36.6 Å². The van der Waals surface area contributed by atoms with Gasteiger partial charge in [0, 0.05) is 24.0 Å². The maximum atomic E-state index is 5.86. The molecule has 2 N–H and O–H groups in total. The van der Waals surface area contributed by atoms with Crippen LogP contribution in [-0.2, 0) is 13.0 Å². The van der Waals surface area contributed by atoms with E-state index in [-0.39, 0.29) is 0 Å². The fourth-order valence-corrected chi connectivity index (χ4v) is 2.85. The van der Waals surface area contributed by atoms with Crippen LogP contribution in [0.25, 0.3) is 0 Å². The number of anilines is 2. The van der Waals surface area contributed by atoms with Crippen molar-refractivity contribution in [2.75, 3.05) is 4.90 Å². The van der Waals surface area contributed by atoms with Crippen LogP contribution in [0.1, 0.15) is 18.1 Å². The van der Waals surface area contributed by atoms with E-state index in [0.29, 0.717) is 12.6 Å². The van der Waals surface area contributed by atoms with Crippen LogP contribution in [0.2, 0.25) is 0 Å². The summed E-state index contributed by atoms with van der Waals surface area (Å²) < 4.78 is 0. The Hall–Kier alpha value is -1.80. The van der Waals surface area contributed by atoms with Gasteiger partial charge in [0.05, 0.1) is 0 Å². The predicted octanol–water partition coefficient (Wildman–Crippen LogP) is 3.23. The Balaban J connectivity index is 2.12. The fraction of sp³-hybridized carbons (Fsp3) is 0.250. The van der Waals surface area contributed by atoms with Gasteiger partial charge in [-0.15, -0.1) is 0 Å². The van der Waals surface area contributed by atoms with E-state index < -0.39 is 0 Å². The van der Waals surface area contributed by atoms with E-state index >= 15 is 0 Å². The minimum atomic E-state index is 0.495. The monoisotopic (exact) mass is 238 g/mol. The first-order valence-electron chi connectivity index (χ1n) is 6.46. The van der Waals surface area contributed by atoms with E-state index in [4.69, 9.17) is 5.73 Å². The topological polar surface area (TPSA) is 29.3 Å². The molecule has 0 bridgehead atoms. The molecule has 0 fully saturated rings. The zero-order valence-corrected chi connectivity index (χ0v) is 10.6. The molecule has 3 rings (SSSR count). The van der Waals surface area contributed by atoms with Gasteiger partial charge in [-0.2, -0.15) is 0 Å². The minimum Gasteiger partial charge on any atom is -0.338 e. The van der Waals surface area contributed by atoms with Gasteiger partial charge in [-0.3, -0.25) is 0 Å². The van der Waals surface area contributed by atoms with Gasteiger partial charge < -0.3 is 10.6 Å². The molecular weight excluding hydrogens is 220 g/mol. The van der Waals surface area contributed by atoms with Crippen LogP contribution in [0, 0.1) is 0 Å². The van der Waals surface area contributed by atoms with Crippen LogP contribution < -0.4 is 10.6 Å². The number of para-hydroxylation sites is 2. The van der Waals surface area contributed by atoms with E-state index in [1.165, 1.54) is 22.5 Å². The molecule has 2 heteroatoms. The number of benzene rings is 2. The molecule has 2 nitrogen and oxygen atoms in total. The lowest BCUT2D eigenvalue weighted by Crippen LogP contribution is -2.25. The second kappa shape index (κ2) is 4.46. The lowest BCUT2D eigenvalue weighted by molar-refractivity contribution is 0.755. The number of rotatable bonds is 2. The summed E-state index contributed by atoms with van der Waals surface area (Å²) in [7, 11) is 0. The molecule has 0 aromatic heterocycles. The first-order valence-corrected chi connectivity index (χ1v) is 6.46. The lowest BCUT2D eigenvalue weighted by atomic mass is 10.1. The molecule has 2 aromatic carbocycles. The van der Waals surface area contributed by atoms with Crippen molar-refractivity contribution in [1.29, 1.82) is 0 Å². The highest BCUT2D eigenvalue weighted by Crippen LogP contribution is 2.39. The Labute approximate surface area is 108 Å². The van der Waals surface area contributed by atoms with Crippen molar-refractivity contribution in [1.82, 2.24) is 0 Å². The molecule has 1 atom stereocenters. The number of nitrogens with two attached hydrogens (primary N) is 1. The Kier molecular flexibility index (Phi) is 2.80. The molecule has 2 aromatic rings. The molecule has 1 aliphatic heterocycles. The van der Waals surface area contributed by atoms with Crippen LogP contribution in [0.15, 0.2) is 48.5 Å². The first-order chi connectivity index (χ1) is 8.81. The van der Waals surface area contributed by atoms with E-state index in [2.05, 4.69) is 60.4 Å². The summed E-state index contributed by atoms with van der Waals surface area (Å²) in [5.41, 5.74) is 11.1. The number of hydrogen-bond acceptors (Lipinski definition) is 2. The van der Waals surface area contributed by atoms with Crippen LogP contribution in [-0.4, -0.2) is 6.04 Å². The Morgan fingerprint density at radius 1 is 1.06 bits per heavy atom. The fourth-order valence-electron chi connectivity index (χ4n) is 2.85. The van der Waals surface area contributed by atoms with Crippen LogP contribution >= 0.6 is 0 Å². The van der Waals surface area contributed by atoms with Crippen molar-refractivity contribution in [2.24, 2.45) is 5.73 Å². The van der Waals surface area contributed by atoms with Gasteiger partial charge >= 0.3 is 0 Å². The highest BCUT2D eigenvalue weighted by atomic mass is 15.2. The van der Waals surface area contributed by atoms with Gasteiger partial charge in [-0.1, -0.05) is 36.4 Å². The third-order valence-corrected chi connectivity index (χ3v) is 3.68. The first kappa shape index (κ1) is 11.3. The average molecular weight is 238 g/mol. The van der Waals surface area contributed by atoms with E-state index in [1.54, 1.807) is 0 Å². The summed E-state index contributed by atoms with van der Waals surface area (Å²) in [6.07, 6.45) is 1.11. The molecule has 0 spiro atoms. The molecule has 18 heavy (non-hydrogen) atoms. The van der Waals surface area contributed by atoms with Gasteiger partial charge in [-0.25, -0.2) is 0 Å². The summed E-state index contributed by atoms with van der Waals surface area (Å²) in [4.78, 5) is 2.41. The van der Waals surface area contributed by atoms with Crippen LogP contribution in [0.3, 0.4) is 0 Å². The highest BCUT2D eigenvalue weighted by molar-refractivity contribution is 5.73. The van der Waals surface area contributed by atoms with E-state index in [0.717, 1.165) is 6.42 Å². The van der Waals surface area contributed by atoms with Crippen LogP contribution in [0.4, 0.5) is 11.4 Å². The minimum absolute atomic E-state index is 0.495. The lowest BCUT2D eigenvalue weighted by Gasteiger charge is -2.27. The van der Waals surface area contributed by atoms with Crippen molar-refractivity contribution in [3.05, 3.63) is 59.7 Å². The maximum absolute atomic E-state index is 5.86. The third-order valence-electron chi connectivity index (χ3n) is 3.68. The average Bonchev–Trinajstić information content (AvgIpc) is 2.74. The van der Waals surface area contributed by atoms with Gasteiger partial charge in [0.15, 0.2) is 0 Å².